The Morgan fingerprint density at radius 3 is 2.76 bits per heavy atom. The molecule has 92 valence electrons. The van der Waals surface area contributed by atoms with Gasteiger partial charge in [-0.2, -0.15) is 0 Å². The van der Waals surface area contributed by atoms with E-state index in [1.807, 2.05) is 11.3 Å². The van der Waals surface area contributed by atoms with Crippen LogP contribution in [0.2, 0.25) is 0 Å². The zero-order valence-electron chi connectivity index (χ0n) is 10.4. The lowest BCUT2D eigenvalue weighted by Crippen LogP contribution is -1.94. The van der Waals surface area contributed by atoms with Crippen molar-refractivity contribution >= 4 is 23.2 Å². The predicted octanol–water partition coefficient (Wildman–Crippen LogP) is 4.64. The highest BCUT2D eigenvalue weighted by atomic mass is 32.1. The summed E-state index contributed by atoms with van der Waals surface area (Å²) in [5.74, 6) is 0.329. The van der Waals surface area contributed by atoms with Crippen molar-refractivity contribution in [1.82, 2.24) is 0 Å². The van der Waals surface area contributed by atoms with Gasteiger partial charge in [0.2, 0.25) is 0 Å². The highest BCUT2D eigenvalue weighted by Gasteiger charge is 1.98. The monoisotopic (exact) mass is 248 g/mol. The Bertz CT molecular complexity index is 387. The molecule has 0 bridgehead atoms. The largest absolute Gasteiger partial charge is 0.300 e. The maximum Gasteiger partial charge on any atom is 0.133 e. The van der Waals surface area contributed by atoms with E-state index in [0.717, 1.165) is 19.3 Å². The number of hydrogen-bond acceptors (Lipinski definition) is 2. The molecule has 0 saturated heterocycles. The Morgan fingerprint density at radius 2 is 2.12 bits per heavy atom. The van der Waals surface area contributed by atoms with Crippen molar-refractivity contribution in [3.63, 3.8) is 0 Å². The number of carbonyl (C=O) groups excluding carboxylic acids is 1. The summed E-state index contributed by atoms with van der Waals surface area (Å²) in [7, 11) is 0. The average Bonchev–Trinajstić information content (AvgIpc) is 2.80. The third kappa shape index (κ3) is 5.64. The smallest absolute Gasteiger partial charge is 0.133 e. The maximum absolute atomic E-state index is 11.4. The van der Waals surface area contributed by atoms with E-state index in [1.165, 1.54) is 9.75 Å². The van der Waals surface area contributed by atoms with Crippen LogP contribution in [0.1, 0.15) is 42.4 Å². The second-order valence-electron chi connectivity index (χ2n) is 3.96. The van der Waals surface area contributed by atoms with Gasteiger partial charge in [0.15, 0.2) is 0 Å². The number of thiophene rings is 1. The maximum atomic E-state index is 11.4. The van der Waals surface area contributed by atoms with Crippen LogP contribution in [0, 0.1) is 0 Å². The van der Waals surface area contributed by atoms with Gasteiger partial charge in [-0.05, 0) is 37.5 Å². The molecule has 1 aromatic rings. The number of allylic oxidation sites excluding steroid dienone is 2. The molecule has 0 radical (unpaired) electrons. The Kier molecular flexibility index (Phi) is 6.56. The number of aryl methyl sites for hydroxylation is 1. The highest BCUT2D eigenvalue weighted by molar-refractivity contribution is 7.12. The average molecular weight is 248 g/mol. The first-order chi connectivity index (χ1) is 8.26. The van der Waals surface area contributed by atoms with E-state index in [-0.39, 0.29) is 0 Å². The summed E-state index contributed by atoms with van der Waals surface area (Å²) in [4.78, 5) is 14.1. The van der Waals surface area contributed by atoms with Crippen molar-refractivity contribution in [3.05, 3.63) is 40.6 Å². The van der Waals surface area contributed by atoms with E-state index in [9.17, 15) is 4.79 Å². The summed E-state index contributed by atoms with van der Waals surface area (Å²) in [5, 5.41) is 0. The van der Waals surface area contributed by atoms with E-state index in [2.05, 4.69) is 37.8 Å². The van der Waals surface area contributed by atoms with Gasteiger partial charge in [0.25, 0.3) is 0 Å². The van der Waals surface area contributed by atoms with Crippen LogP contribution in [0.5, 0.6) is 0 Å². The third-order valence-electron chi connectivity index (χ3n) is 2.53. The number of hydrogen-bond donors (Lipinski definition) is 0. The summed E-state index contributed by atoms with van der Waals surface area (Å²) >= 11 is 1.82. The Labute approximate surface area is 108 Å². The molecule has 1 heterocycles. The summed E-state index contributed by atoms with van der Waals surface area (Å²) in [6.07, 6.45) is 10.0. The molecule has 0 saturated carbocycles. The minimum absolute atomic E-state index is 0.329. The van der Waals surface area contributed by atoms with Crippen LogP contribution in [0.4, 0.5) is 0 Å². The van der Waals surface area contributed by atoms with E-state index in [0.29, 0.717) is 18.6 Å². The summed E-state index contributed by atoms with van der Waals surface area (Å²) in [5.41, 5.74) is 0. The van der Waals surface area contributed by atoms with Crippen molar-refractivity contribution in [2.24, 2.45) is 0 Å². The van der Waals surface area contributed by atoms with E-state index < -0.39 is 0 Å². The molecule has 1 aromatic heterocycles. The van der Waals surface area contributed by atoms with Gasteiger partial charge in [-0.3, -0.25) is 4.79 Å². The van der Waals surface area contributed by atoms with Crippen LogP contribution < -0.4 is 0 Å². The van der Waals surface area contributed by atoms with Gasteiger partial charge in [-0.25, -0.2) is 0 Å². The van der Waals surface area contributed by atoms with Gasteiger partial charge in [0.05, 0.1) is 0 Å². The molecule has 1 rings (SSSR count). The normalized spacial score (nSPS) is 10.9. The number of Topliss-reactive ketones (excluding diaryl/α,β-unsaturated/α-hetero) is 1. The second kappa shape index (κ2) is 8.02. The van der Waals surface area contributed by atoms with Gasteiger partial charge >= 0.3 is 0 Å². The van der Waals surface area contributed by atoms with E-state index in [1.54, 1.807) is 6.08 Å². The highest BCUT2D eigenvalue weighted by Crippen LogP contribution is 2.18. The van der Waals surface area contributed by atoms with Crippen molar-refractivity contribution in [1.29, 1.82) is 0 Å². The van der Waals surface area contributed by atoms with Crippen LogP contribution in [-0.4, -0.2) is 5.78 Å². The molecule has 0 fully saturated rings. The Hall–Kier alpha value is -1.15. The lowest BCUT2D eigenvalue weighted by molar-refractivity contribution is -0.118. The Balaban J connectivity index is 2.25. The first kappa shape index (κ1) is 13.9. The molecule has 0 atom stereocenters. The predicted molar refractivity (Wildman–Crippen MR) is 76.4 cm³/mol. The van der Waals surface area contributed by atoms with Gasteiger partial charge in [-0.15, -0.1) is 17.9 Å². The fraction of sp³-hybridized carbons (Fsp3) is 0.400. The summed E-state index contributed by atoms with van der Waals surface area (Å²) in [6.45, 7) is 5.78. The molecule has 2 heteroatoms. The fourth-order valence-electron chi connectivity index (χ4n) is 1.51. The third-order valence-corrected chi connectivity index (χ3v) is 3.72. The molecular formula is C15H20OS. The minimum Gasteiger partial charge on any atom is -0.300 e. The van der Waals surface area contributed by atoms with Crippen LogP contribution in [-0.2, 0) is 11.2 Å². The van der Waals surface area contributed by atoms with Crippen molar-refractivity contribution in [3.8, 4) is 0 Å². The van der Waals surface area contributed by atoms with Gasteiger partial charge < -0.3 is 0 Å². The summed E-state index contributed by atoms with van der Waals surface area (Å²) in [6, 6.07) is 4.30. The Morgan fingerprint density at radius 1 is 1.35 bits per heavy atom. The SMILES string of the molecule is C=CCCC(=O)CC/C=C\c1ccc(CC)s1. The standard InChI is InChI=1S/C15H20OS/c1-3-5-8-13(16)9-6-7-10-15-12-11-14(4-2)17-15/h3,7,10-12H,1,4-6,8-9H2,2H3/b10-7-. The van der Waals surface area contributed by atoms with E-state index >= 15 is 0 Å². The van der Waals surface area contributed by atoms with Gasteiger partial charge in [0.1, 0.15) is 5.78 Å². The van der Waals surface area contributed by atoms with E-state index in [4.69, 9.17) is 0 Å². The molecule has 0 amide bonds. The molecule has 17 heavy (non-hydrogen) atoms. The molecule has 0 aliphatic rings. The minimum atomic E-state index is 0.329. The van der Waals surface area contributed by atoms with Gasteiger partial charge in [-0.1, -0.05) is 19.1 Å². The van der Waals surface area contributed by atoms with Crippen molar-refractivity contribution in [2.75, 3.05) is 0 Å². The molecule has 0 N–H and O–H groups in total. The van der Waals surface area contributed by atoms with Gasteiger partial charge in [0, 0.05) is 22.6 Å². The van der Waals surface area contributed by atoms with Crippen LogP contribution >= 0.6 is 11.3 Å². The first-order valence-electron chi connectivity index (χ1n) is 6.14. The summed E-state index contributed by atoms with van der Waals surface area (Å²) < 4.78 is 0. The number of carbonyl (C=O) groups is 1. The molecular weight excluding hydrogens is 228 g/mol. The molecule has 0 aromatic carbocycles. The van der Waals surface area contributed by atoms with Crippen LogP contribution in [0.15, 0.2) is 30.9 Å². The van der Waals surface area contributed by atoms with Crippen molar-refractivity contribution < 1.29 is 4.79 Å². The lowest BCUT2D eigenvalue weighted by Gasteiger charge is -1.94. The second-order valence-corrected chi connectivity index (χ2v) is 5.16. The number of ketones is 1. The first-order valence-corrected chi connectivity index (χ1v) is 6.95. The van der Waals surface area contributed by atoms with Crippen LogP contribution in [0.3, 0.4) is 0 Å². The van der Waals surface area contributed by atoms with Crippen LogP contribution in [0.25, 0.3) is 6.08 Å². The quantitative estimate of drug-likeness (QED) is 0.612. The fourth-order valence-corrected chi connectivity index (χ4v) is 2.39. The molecule has 0 aliphatic heterocycles. The zero-order valence-corrected chi connectivity index (χ0v) is 11.3. The topological polar surface area (TPSA) is 17.1 Å². The lowest BCUT2D eigenvalue weighted by atomic mass is 10.1. The molecule has 0 spiro atoms. The van der Waals surface area contributed by atoms with Crippen molar-refractivity contribution in [2.45, 2.75) is 39.0 Å². The molecule has 1 nitrogen and oxygen atoms in total. The zero-order chi connectivity index (χ0) is 12.5. The molecule has 0 unspecified atom stereocenters. The number of rotatable bonds is 8. The molecule has 0 aliphatic carbocycles.